The van der Waals surface area contributed by atoms with E-state index in [2.05, 4.69) is 31.4 Å². The van der Waals surface area contributed by atoms with Gasteiger partial charge in [-0.1, -0.05) is 234 Å². The number of carbonyl (C=O) groups is 7. The second kappa shape index (κ2) is 55.6. The van der Waals surface area contributed by atoms with Crippen LogP contribution in [0.15, 0.2) is 0 Å². The molecule has 0 aliphatic carbocycles. The molecule has 0 saturated carbocycles. The van der Waals surface area contributed by atoms with Crippen LogP contribution in [0.25, 0.3) is 0 Å². The molecule has 22 heteroatoms. The molecule has 1 heterocycles. The second-order valence-electron chi connectivity index (χ2n) is 25.3. The SMILES string of the molecule is CCCCCCCCCCC[C@H](CC(=O)N[C@@H](CO[C@@H]1OC(CO)[C@@H](OP(=O)(O)O)C(OC(=O)C[C@@H](CCCCCCCCCCC)OC(=O)CCCCC)[C@@H]1NC(=O)C[C@@H](CCCCCCCCCCC)OC(=O)CCCCC)C(=O)O)OC(=O)CCCCC. The van der Waals surface area contributed by atoms with Crippen LogP contribution in [-0.2, 0) is 71.1 Å². The lowest BCUT2D eigenvalue weighted by Crippen LogP contribution is -2.66. The number of nitrogens with one attached hydrogen (secondary N) is 2. The molecule has 1 fully saturated rings. The van der Waals surface area contributed by atoms with E-state index in [1.807, 2.05) is 20.8 Å². The number of aliphatic hydroxyl groups is 1. The third kappa shape index (κ3) is 45.3. The van der Waals surface area contributed by atoms with Gasteiger partial charge >= 0.3 is 37.7 Å². The number of rotatable bonds is 61. The maximum absolute atomic E-state index is 14.6. The highest BCUT2D eigenvalue weighted by molar-refractivity contribution is 7.46. The van der Waals surface area contributed by atoms with E-state index in [1.165, 1.54) is 44.9 Å². The lowest BCUT2D eigenvalue weighted by Gasteiger charge is -2.45. The summed E-state index contributed by atoms with van der Waals surface area (Å²) in [7, 11) is -5.54. The Morgan fingerprint density at radius 2 is 0.791 bits per heavy atom. The molecule has 9 atom stereocenters. The van der Waals surface area contributed by atoms with Gasteiger partial charge in [-0.3, -0.25) is 33.3 Å². The van der Waals surface area contributed by atoms with Crippen LogP contribution in [0.2, 0.25) is 0 Å². The maximum atomic E-state index is 14.6. The number of phosphoric acid groups is 1. The van der Waals surface area contributed by atoms with Crippen LogP contribution in [0.4, 0.5) is 0 Å². The Kier molecular flexibility index (Phi) is 52.1. The summed E-state index contributed by atoms with van der Waals surface area (Å²) in [4.78, 5) is 116. The van der Waals surface area contributed by atoms with Crippen molar-refractivity contribution >= 4 is 49.5 Å². The normalized spacial score (nSPS) is 18.0. The highest BCUT2D eigenvalue weighted by Gasteiger charge is 2.52. The lowest BCUT2D eigenvalue weighted by molar-refractivity contribution is -0.272. The molecule has 0 aromatic rings. The molecule has 532 valence electrons. The summed E-state index contributed by atoms with van der Waals surface area (Å²) in [5.41, 5.74) is 0. The van der Waals surface area contributed by atoms with E-state index >= 15 is 0 Å². The molecule has 1 rings (SSSR count). The van der Waals surface area contributed by atoms with E-state index in [1.54, 1.807) is 0 Å². The predicted molar refractivity (Wildman–Crippen MR) is 351 cm³/mol. The van der Waals surface area contributed by atoms with Crippen molar-refractivity contribution in [2.45, 2.75) is 385 Å². The van der Waals surface area contributed by atoms with Gasteiger partial charge in [0.05, 0.1) is 32.5 Å². The molecule has 0 aromatic heterocycles. The first-order valence-corrected chi connectivity index (χ1v) is 37.6. The van der Waals surface area contributed by atoms with Crippen molar-refractivity contribution in [1.82, 2.24) is 10.6 Å². The number of hydrogen-bond donors (Lipinski definition) is 6. The van der Waals surface area contributed by atoms with Gasteiger partial charge in [0, 0.05) is 19.3 Å². The Balaban J connectivity index is 3.78. The highest BCUT2D eigenvalue weighted by atomic mass is 31.2. The number of amides is 2. The fourth-order valence-corrected chi connectivity index (χ4v) is 12.0. The fraction of sp³-hybridized carbons (Fsp3) is 0.899. The summed E-state index contributed by atoms with van der Waals surface area (Å²) >= 11 is 0. The first-order chi connectivity index (χ1) is 43.8. The fourth-order valence-electron chi connectivity index (χ4n) is 11.4. The van der Waals surface area contributed by atoms with Gasteiger partial charge in [0.25, 0.3) is 0 Å². The van der Waals surface area contributed by atoms with Crippen molar-refractivity contribution < 1.29 is 91.1 Å². The number of carbonyl (C=O) groups excluding carboxylic acids is 6. The first-order valence-electron chi connectivity index (χ1n) is 36.1. The van der Waals surface area contributed by atoms with E-state index < -0.39 is 131 Å². The van der Waals surface area contributed by atoms with E-state index in [0.29, 0.717) is 51.4 Å². The summed E-state index contributed by atoms with van der Waals surface area (Å²) in [5, 5.41) is 26.5. The van der Waals surface area contributed by atoms with Crippen LogP contribution in [0.1, 0.15) is 330 Å². The Hall–Kier alpha value is -3.72. The van der Waals surface area contributed by atoms with Crippen LogP contribution >= 0.6 is 7.82 Å². The molecule has 2 amide bonds. The number of carboxylic acids is 1. The number of phosphoric ester groups is 1. The summed E-state index contributed by atoms with van der Waals surface area (Å²) in [6.45, 7) is 10.6. The minimum atomic E-state index is -5.54. The van der Waals surface area contributed by atoms with Crippen molar-refractivity contribution in [2.75, 3.05) is 13.2 Å². The van der Waals surface area contributed by atoms with Gasteiger partial charge in [-0.25, -0.2) is 9.36 Å². The molecular weight excluding hydrogens is 1190 g/mol. The van der Waals surface area contributed by atoms with Crippen LogP contribution in [0, 0.1) is 0 Å². The quantitative estimate of drug-likeness (QED) is 0.0143. The number of hydrogen-bond acceptors (Lipinski definition) is 16. The van der Waals surface area contributed by atoms with Crippen LogP contribution in [0.3, 0.4) is 0 Å². The number of unbranched alkanes of at least 4 members (excludes halogenated alkanes) is 30. The Bertz CT molecular complexity index is 1960. The summed E-state index contributed by atoms with van der Waals surface area (Å²) < 4.78 is 54.0. The van der Waals surface area contributed by atoms with E-state index in [4.69, 9.17) is 32.9 Å². The van der Waals surface area contributed by atoms with Crippen molar-refractivity contribution in [3.8, 4) is 0 Å². The molecule has 1 saturated heterocycles. The lowest BCUT2D eigenvalue weighted by atomic mass is 9.95. The van der Waals surface area contributed by atoms with Crippen molar-refractivity contribution in [3.63, 3.8) is 0 Å². The zero-order valence-electron chi connectivity index (χ0n) is 57.3. The van der Waals surface area contributed by atoms with Crippen LogP contribution in [0.5, 0.6) is 0 Å². The molecule has 21 nitrogen and oxygen atoms in total. The monoisotopic (exact) mass is 1320 g/mol. The summed E-state index contributed by atoms with van der Waals surface area (Å²) in [6.07, 6.45) is 24.1. The Morgan fingerprint density at radius 1 is 0.451 bits per heavy atom. The Morgan fingerprint density at radius 3 is 1.14 bits per heavy atom. The number of aliphatic carboxylic acids is 1. The molecule has 1 aliphatic rings. The predicted octanol–water partition coefficient (Wildman–Crippen LogP) is 14.6. The smallest absolute Gasteiger partial charge is 0.470 e. The largest absolute Gasteiger partial charge is 0.480 e. The highest BCUT2D eigenvalue weighted by Crippen LogP contribution is 2.42. The summed E-state index contributed by atoms with van der Waals surface area (Å²) in [6, 6.07) is -3.59. The third-order valence-corrected chi connectivity index (χ3v) is 17.2. The van der Waals surface area contributed by atoms with Gasteiger partial charge in [-0.15, -0.1) is 0 Å². The number of ether oxygens (including phenoxy) is 6. The first kappa shape index (κ1) is 85.3. The summed E-state index contributed by atoms with van der Waals surface area (Å²) in [5.74, 6) is -5.65. The number of carboxylic acid groups (broad SMARTS) is 1. The van der Waals surface area contributed by atoms with Crippen molar-refractivity contribution in [2.24, 2.45) is 0 Å². The molecule has 6 N–H and O–H groups in total. The Labute approximate surface area is 547 Å². The standard InChI is InChI=1S/C69H127N2O19P/c1-7-13-19-22-25-28-31-34-40-43-54(85-61(75)46-37-16-10-4)49-59(73)70-57(68(79)80)53-84-69-65(71-60(74)50-55(86-62(76)47-38-17-11-5)44-41-35-32-29-26-23-20-14-8-2)67(66(58(52-72)88-69)90-91(81,82)83)89-64(78)51-56(87-63(77)48-39-18-12-6)45-42-36-33-30-27-24-21-15-9-3/h54-58,65-67,69,72H,7-53H2,1-6H3,(H,70,73)(H,71,74)(H,79,80)(H2,81,82,83)/t54-,55-,56-,57+,58?,65+,66-,67?,69-/m1/s1. The van der Waals surface area contributed by atoms with Crippen molar-refractivity contribution in [3.05, 3.63) is 0 Å². The van der Waals surface area contributed by atoms with Crippen LogP contribution in [-0.4, -0.2) is 130 Å². The second-order valence-corrected chi connectivity index (χ2v) is 26.5. The topological polar surface area (TPSA) is 306 Å². The minimum Gasteiger partial charge on any atom is -0.480 e. The van der Waals surface area contributed by atoms with Gasteiger partial charge in [-0.2, -0.15) is 0 Å². The number of esters is 4. The zero-order valence-corrected chi connectivity index (χ0v) is 58.2. The van der Waals surface area contributed by atoms with E-state index in [-0.39, 0.29) is 32.1 Å². The maximum Gasteiger partial charge on any atom is 0.470 e. The van der Waals surface area contributed by atoms with Gasteiger partial charge in [0.2, 0.25) is 11.8 Å². The van der Waals surface area contributed by atoms with Crippen LogP contribution < -0.4 is 10.6 Å². The van der Waals surface area contributed by atoms with Gasteiger partial charge in [0.15, 0.2) is 18.4 Å². The molecule has 2 unspecified atom stereocenters. The number of aliphatic hydroxyl groups excluding tert-OH is 1. The van der Waals surface area contributed by atoms with E-state index in [9.17, 15) is 58.1 Å². The van der Waals surface area contributed by atoms with Gasteiger partial charge < -0.3 is 59.1 Å². The molecule has 0 spiro atoms. The molecule has 1 aliphatic heterocycles. The average molecular weight is 1320 g/mol. The third-order valence-electron chi connectivity index (χ3n) is 16.7. The average Bonchev–Trinajstić information content (AvgIpc) is 2.19. The van der Waals surface area contributed by atoms with Gasteiger partial charge in [-0.05, 0) is 57.8 Å². The minimum absolute atomic E-state index is 0.110. The molecular formula is C69H127N2O19P. The molecule has 91 heavy (non-hydrogen) atoms. The molecule has 0 aromatic carbocycles. The van der Waals surface area contributed by atoms with Gasteiger partial charge in [0.1, 0.15) is 36.6 Å². The molecule has 0 bridgehead atoms. The van der Waals surface area contributed by atoms with Crippen molar-refractivity contribution in [1.29, 1.82) is 0 Å². The molecule has 0 radical (unpaired) electrons. The zero-order chi connectivity index (χ0) is 67.3. The van der Waals surface area contributed by atoms with E-state index in [0.717, 1.165) is 148 Å².